The fourth-order valence-corrected chi connectivity index (χ4v) is 5.09. The Morgan fingerprint density at radius 2 is 1.43 bits per heavy atom. The number of halogens is 5. The standard InChI is InChI=1S/C30H29F5N2O5/c1-16-21(14-37-10-12-40-13-11-37)41-30(42-28(16)18-4-2-17(15-38)3-5-18)19-6-8-20(9-7-19)36-29(39)22-23(31)25(33)27(35)26(34)24(22)32/h2-9,16,21,28,30,38H,10-15H2,1H3,(H,36,39)/t16-,21+,28+,30+/m1/s1. The van der Waals surface area contributed by atoms with Crippen LogP contribution in [0.5, 0.6) is 0 Å². The van der Waals surface area contributed by atoms with Crippen molar-refractivity contribution in [3.8, 4) is 0 Å². The number of carbonyl (C=O) groups is 1. The molecule has 0 aromatic heterocycles. The van der Waals surface area contributed by atoms with Crippen molar-refractivity contribution in [1.29, 1.82) is 0 Å². The van der Waals surface area contributed by atoms with E-state index in [4.69, 9.17) is 14.2 Å². The lowest BCUT2D eigenvalue weighted by Crippen LogP contribution is -2.47. The first-order chi connectivity index (χ1) is 20.2. The summed E-state index contributed by atoms with van der Waals surface area (Å²) in [7, 11) is 0. The molecule has 224 valence electrons. The fraction of sp³-hybridized carbons (Fsp3) is 0.367. The third kappa shape index (κ3) is 6.18. The number of nitrogens with one attached hydrogen (secondary N) is 1. The van der Waals surface area contributed by atoms with Gasteiger partial charge in [0.15, 0.2) is 29.6 Å². The highest BCUT2D eigenvalue weighted by atomic mass is 19.2. The van der Waals surface area contributed by atoms with Gasteiger partial charge in [-0.2, -0.15) is 0 Å². The number of aliphatic hydroxyl groups is 1. The van der Waals surface area contributed by atoms with Crippen molar-refractivity contribution in [3.63, 3.8) is 0 Å². The Hall–Kier alpha value is -3.42. The van der Waals surface area contributed by atoms with E-state index in [-0.39, 0.29) is 30.4 Å². The molecule has 42 heavy (non-hydrogen) atoms. The maximum Gasteiger partial charge on any atom is 0.261 e. The molecule has 3 aromatic carbocycles. The van der Waals surface area contributed by atoms with Gasteiger partial charge in [-0.3, -0.25) is 9.69 Å². The van der Waals surface area contributed by atoms with Crippen LogP contribution in [0.25, 0.3) is 0 Å². The third-order valence-electron chi connectivity index (χ3n) is 7.54. The van der Waals surface area contributed by atoms with E-state index in [1.54, 1.807) is 12.1 Å². The van der Waals surface area contributed by atoms with Crippen LogP contribution >= 0.6 is 0 Å². The molecule has 0 aliphatic carbocycles. The first-order valence-corrected chi connectivity index (χ1v) is 13.4. The molecule has 5 rings (SSSR count). The van der Waals surface area contributed by atoms with Crippen LogP contribution in [-0.4, -0.2) is 54.9 Å². The molecule has 0 unspecified atom stereocenters. The zero-order chi connectivity index (χ0) is 30.0. The largest absolute Gasteiger partial charge is 0.392 e. The summed E-state index contributed by atoms with van der Waals surface area (Å²) >= 11 is 0. The second-order valence-corrected chi connectivity index (χ2v) is 10.3. The Balaban J connectivity index is 1.36. The molecule has 2 fully saturated rings. The smallest absolute Gasteiger partial charge is 0.261 e. The van der Waals surface area contributed by atoms with Gasteiger partial charge in [0.05, 0.1) is 32.0 Å². The SMILES string of the molecule is C[C@@H]1[C@H](CN2CCOCC2)O[C@H](c2ccc(NC(=O)c3c(F)c(F)c(F)c(F)c3F)cc2)O[C@@H]1c1ccc(CO)cc1. The summed E-state index contributed by atoms with van der Waals surface area (Å²) in [4.78, 5) is 14.7. The number of ether oxygens (including phenoxy) is 3. The van der Waals surface area contributed by atoms with Gasteiger partial charge in [-0.15, -0.1) is 0 Å². The molecule has 4 atom stereocenters. The van der Waals surface area contributed by atoms with Crippen LogP contribution in [-0.2, 0) is 20.8 Å². The number of hydrogen-bond donors (Lipinski definition) is 2. The van der Waals surface area contributed by atoms with Crippen LogP contribution in [0.15, 0.2) is 48.5 Å². The summed E-state index contributed by atoms with van der Waals surface area (Å²) in [5.41, 5.74) is 0.734. The minimum atomic E-state index is -2.35. The lowest BCUT2D eigenvalue weighted by Gasteiger charge is -2.43. The molecule has 2 aliphatic heterocycles. The van der Waals surface area contributed by atoms with Gasteiger partial charge in [0, 0.05) is 36.8 Å². The minimum Gasteiger partial charge on any atom is -0.392 e. The maximum absolute atomic E-state index is 14.1. The van der Waals surface area contributed by atoms with Crippen molar-refractivity contribution in [1.82, 2.24) is 4.90 Å². The molecule has 1 amide bonds. The van der Waals surface area contributed by atoms with Crippen molar-refractivity contribution in [3.05, 3.63) is 99.9 Å². The molecule has 2 saturated heterocycles. The number of hydrogen-bond acceptors (Lipinski definition) is 6. The molecular formula is C30H29F5N2O5. The molecule has 2 aliphatic rings. The average Bonchev–Trinajstić information content (AvgIpc) is 3.01. The van der Waals surface area contributed by atoms with Crippen molar-refractivity contribution in [2.24, 2.45) is 5.92 Å². The van der Waals surface area contributed by atoms with E-state index < -0.39 is 46.8 Å². The first-order valence-electron chi connectivity index (χ1n) is 13.4. The normalized spacial score (nSPS) is 23.1. The number of anilines is 1. The highest BCUT2D eigenvalue weighted by Gasteiger charge is 2.39. The zero-order valence-electron chi connectivity index (χ0n) is 22.6. The Morgan fingerprint density at radius 3 is 2.02 bits per heavy atom. The quantitative estimate of drug-likeness (QED) is 0.222. The highest BCUT2D eigenvalue weighted by Crippen LogP contribution is 2.42. The lowest BCUT2D eigenvalue weighted by atomic mass is 9.90. The number of benzene rings is 3. The van der Waals surface area contributed by atoms with Gasteiger partial charge >= 0.3 is 0 Å². The summed E-state index contributed by atoms with van der Waals surface area (Å²) in [5, 5.41) is 11.6. The van der Waals surface area contributed by atoms with Crippen molar-refractivity contribution in [2.45, 2.75) is 32.0 Å². The predicted octanol–water partition coefficient (Wildman–Crippen LogP) is 5.25. The number of rotatable bonds is 7. The first kappa shape index (κ1) is 30.1. The van der Waals surface area contributed by atoms with Crippen LogP contribution in [0, 0.1) is 35.0 Å². The van der Waals surface area contributed by atoms with E-state index in [9.17, 15) is 31.9 Å². The monoisotopic (exact) mass is 592 g/mol. The highest BCUT2D eigenvalue weighted by molar-refractivity contribution is 6.04. The average molecular weight is 593 g/mol. The topological polar surface area (TPSA) is 80.3 Å². The minimum absolute atomic E-state index is 0.0380. The Bertz CT molecular complexity index is 1390. The zero-order valence-corrected chi connectivity index (χ0v) is 22.6. The van der Waals surface area contributed by atoms with Crippen LogP contribution in [0.1, 0.15) is 46.4 Å². The van der Waals surface area contributed by atoms with E-state index in [0.717, 1.165) is 24.2 Å². The Morgan fingerprint density at radius 1 is 0.857 bits per heavy atom. The predicted molar refractivity (Wildman–Crippen MR) is 141 cm³/mol. The molecule has 12 heteroatoms. The van der Waals surface area contributed by atoms with E-state index in [1.165, 1.54) is 12.1 Å². The van der Waals surface area contributed by atoms with E-state index in [0.29, 0.717) is 25.3 Å². The summed E-state index contributed by atoms with van der Waals surface area (Å²) in [6, 6.07) is 13.4. The molecular weight excluding hydrogens is 563 g/mol. The maximum atomic E-state index is 14.1. The molecule has 0 radical (unpaired) electrons. The summed E-state index contributed by atoms with van der Waals surface area (Å²) in [6.45, 7) is 5.41. The molecule has 2 N–H and O–H groups in total. The molecule has 3 aromatic rings. The third-order valence-corrected chi connectivity index (χ3v) is 7.54. The van der Waals surface area contributed by atoms with Crippen LogP contribution < -0.4 is 5.32 Å². The van der Waals surface area contributed by atoms with E-state index in [2.05, 4.69) is 10.2 Å². The van der Waals surface area contributed by atoms with Crippen molar-refractivity contribution >= 4 is 11.6 Å². The number of nitrogens with zero attached hydrogens (tertiary/aromatic N) is 1. The molecule has 2 heterocycles. The molecule has 0 saturated carbocycles. The van der Waals surface area contributed by atoms with E-state index in [1.807, 2.05) is 31.2 Å². The summed E-state index contributed by atoms with van der Waals surface area (Å²) in [5.74, 6) is -12.7. The van der Waals surface area contributed by atoms with Gasteiger partial charge < -0.3 is 24.6 Å². The fourth-order valence-electron chi connectivity index (χ4n) is 5.09. The van der Waals surface area contributed by atoms with Gasteiger partial charge in [0.1, 0.15) is 5.56 Å². The Labute approximate surface area is 238 Å². The second-order valence-electron chi connectivity index (χ2n) is 10.3. The van der Waals surface area contributed by atoms with Gasteiger partial charge in [-0.1, -0.05) is 43.3 Å². The van der Waals surface area contributed by atoms with Crippen molar-refractivity contribution in [2.75, 3.05) is 38.2 Å². The second kappa shape index (κ2) is 12.8. The summed E-state index contributed by atoms with van der Waals surface area (Å²) < 4.78 is 86.9. The Kier molecular flexibility index (Phi) is 9.19. The van der Waals surface area contributed by atoms with Crippen LogP contribution in [0.4, 0.5) is 27.6 Å². The summed E-state index contributed by atoms with van der Waals surface area (Å²) in [6.07, 6.45) is -1.39. The van der Waals surface area contributed by atoms with Gasteiger partial charge in [0.25, 0.3) is 5.91 Å². The number of amides is 1. The van der Waals surface area contributed by atoms with Crippen molar-refractivity contribution < 1.29 is 46.1 Å². The van der Waals surface area contributed by atoms with Gasteiger partial charge in [0.2, 0.25) is 5.82 Å². The number of aliphatic hydroxyl groups excluding tert-OH is 1. The molecule has 0 spiro atoms. The van der Waals surface area contributed by atoms with Gasteiger partial charge in [-0.05, 0) is 23.3 Å². The van der Waals surface area contributed by atoms with E-state index >= 15 is 0 Å². The van der Waals surface area contributed by atoms with Gasteiger partial charge in [-0.25, -0.2) is 22.0 Å². The molecule has 7 nitrogen and oxygen atoms in total. The number of morpholine rings is 1. The lowest BCUT2D eigenvalue weighted by molar-refractivity contribution is -0.277. The van der Waals surface area contributed by atoms with Crippen LogP contribution in [0.2, 0.25) is 0 Å². The number of carbonyl (C=O) groups excluding carboxylic acids is 1. The van der Waals surface area contributed by atoms with Crippen LogP contribution in [0.3, 0.4) is 0 Å². The molecule has 0 bridgehead atoms.